The summed E-state index contributed by atoms with van der Waals surface area (Å²) in [7, 11) is 1.72. The Morgan fingerprint density at radius 1 is 0.962 bits per heavy atom. The molecule has 0 saturated heterocycles. The molecule has 2 aromatic rings. The molecule has 4 nitrogen and oxygen atoms in total. The molecule has 0 amide bonds. The lowest BCUT2D eigenvalue weighted by Crippen LogP contribution is -2.36. The van der Waals surface area contributed by atoms with Gasteiger partial charge in [0.05, 0.1) is 0 Å². The molecule has 0 spiro atoms. The summed E-state index contributed by atoms with van der Waals surface area (Å²) in [6.07, 6.45) is 0. The average Bonchev–Trinajstić information content (AvgIpc) is 2.67. The van der Waals surface area contributed by atoms with Crippen molar-refractivity contribution < 1.29 is 4.39 Å². The van der Waals surface area contributed by atoms with Crippen LogP contribution in [0.1, 0.15) is 30.5 Å². The fraction of sp³-hybridized carbons (Fsp3) is 0.381. The minimum Gasteiger partial charge on any atom is -0.352 e. The summed E-state index contributed by atoms with van der Waals surface area (Å²) in [6, 6.07) is 15.3. The highest BCUT2D eigenvalue weighted by atomic mass is 19.1. The zero-order valence-electron chi connectivity index (χ0n) is 15.9. The van der Waals surface area contributed by atoms with E-state index in [1.165, 1.54) is 17.2 Å². The number of halogens is 1. The maximum atomic E-state index is 13.7. The molecule has 26 heavy (non-hydrogen) atoms. The first-order chi connectivity index (χ1) is 12.7. The van der Waals surface area contributed by atoms with E-state index >= 15 is 0 Å². The SMILES string of the molecule is CCN(CC)Cc1cccc(CNC(=NC)NCc2ccccc2F)c1. The standard InChI is InChI=1S/C21H29FN4/c1-4-26(5-2)16-18-10-8-9-17(13-18)14-24-21(23-3)25-15-19-11-6-7-12-20(19)22/h6-13H,4-5,14-16H2,1-3H3,(H2,23,24,25). The lowest BCUT2D eigenvalue weighted by molar-refractivity contribution is 0.296. The second kappa shape index (κ2) is 10.6. The predicted molar refractivity (Wildman–Crippen MR) is 107 cm³/mol. The van der Waals surface area contributed by atoms with E-state index in [0.29, 0.717) is 24.6 Å². The van der Waals surface area contributed by atoms with Crippen LogP contribution in [0, 0.1) is 5.82 Å². The third-order valence-corrected chi connectivity index (χ3v) is 4.38. The summed E-state index contributed by atoms with van der Waals surface area (Å²) >= 11 is 0. The summed E-state index contributed by atoms with van der Waals surface area (Å²) in [4.78, 5) is 6.60. The van der Waals surface area contributed by atoms with Gasteiger partial charge in [-0.3, -0.25) is 9.89 Å². The van der Waals surface area contributed by atoms with Crippen LogP contribution in [0.15, 0.2) is 53.5 Å². The summed E-state index contributed by atoms with van der Waals surface area (Å²) in [5.74, 6) is 0.446. The van der Waals surface area contributed by atoms with Crippen molar-refractivity contribution in [2.75, 3.05) is 20.1 Å². The van der Waals surface area contributed by atoms with Crippen LogP contribution < -0.4 is 10.6 Å². The van der Waals surface area contributed by atoms with Crippen molar-refractivity contribution in [3.63, 3.8) is 0 Å². The van der Waals surface area contributed by atoms with Gasteiger partial charge in [0.1, 0.15) is 5.82 Å². The molecule has 2 N–H and O–H groups in total. The summed E-state index contributed by atoms with van der Waals surface area (Å²) < 4.78 is 13.7. The number of hydrogen-bond donors (Lipinski definition) is 2. The molecular formula is C21H29FN4. The number of rotatable bonds is 8. The van der Waals surface area contributed by atoms with Gasteiger partial charge in [-0.1, -0.05) is 56.3 Å². The molecule has 0 aromatic heterocycles. The van der Waals surface area contributed by atoms with E-state index in [9.17, 15) is 4.39 Å². The fourth-order valence-corrected chi connectivity index (χ4v) is 2.77. The Balaban J connectivity index is 1.89. The number of nitrogens with one attached hydrogen (secondary N) is 2. The van der Waals surface area contributed by atoms with Gasteiger partial charge in [-0.25, -0.2) is 4.39 Å². The monoisotopic (exact) mass is 356 g/mol. The van der Waals surface area contributed by atoms with Crippen LogP contribution in [0.2, 0.25) is 0 Å². The van der Waals surface area contributed by atoms with Crippen molar-refractivity contribution in [3.8, 4) is 0 Å². The lowest BCUT2D eigenvalue weighted by atomic mass is 10.1. The minimum atomic E-state index is -0.209. The van der Waals surface area contributed by atoms with E-state index in [2.05, 4.69) is 58.6 Å². The highest BCUT2D eigenvalue weighted by molar-refractivity contribution is 5.79. The van der Waals surface area contributed by atoms with Crippen LogP contribution in [0.25, 0.3) is 0 Å². The Labute approximate surface area is 156 Å². The third-order valence-electron chi connectivity index (χ3n) is 4.38. The molecular weight excluding hydrogens is 327 g/mol. The van der Waals surface area contributed by atoms with Crippen LogP contribution in [-0.4, -0.2) is 31.0 Å². The average molecular weight is 356 g/mol. The van der Waals surface area contributed by atoms with Crippen molar-refractivity contribution >= 4 is 5.96 Å². The van der Waals surface area contributed by atoms with Gasteiger partial charge < -0.3 is 10.6 Å². The van der Waals surface area contributed by atoms with E-state index in [1.807, 2.05) is 6.07 Å². The Bertz CT molecular complexity index is 711. The van der Waals surface area contributed by atoms with Crippen molar-refractivity contribution in [3.05, 3.63) is 71.0 Å². The van der Waals surface area contributed by atoms with Gasteiger partial charge >= 0.3 is 0 Å². The molecule has 0 aliphatic rings. The van der Waals surface area contributed by atoms with Crippen LogP contribution >= 0.6 is 0 Å². The lowest BCUT2D eigenvalue weighted by Gasteiger charge is -2.18. The Kier molecular flexibility index (Phi) is 8.09. The Hall–Kier alpha value is -2.40. The normalized spacial score (nSPS) is 11.7. The predicted octanol–water partition coefficient (Wildman–Crippen LogP) is 3.53. The first-order valence-corrected chi connectivity index (χ1v) is 9.14. The van der Waals surface area contributed by atoms with Gasteiger partial charge in [0.25, 0.3) is 0 Å². The van der Waals surface area contributed by atoms with Crippen LogP contribution in [-0.2, 0) is 19.6 Å². The largest absolute Gasteiger partial charge is 0.352 e. The van der Waals surface area contributed by atoms with Crippen molar-refractivity contribution in [2.45, 2.75) is 33.5 Å². The second-order valence-electron chi connectivity index (χ2n) is 6.15. The molecule has 2 rings (SSSR count). The number of benzene rings is 2. The topological polar surface area (TPSA) is 39.7 Å². The Morgan fingerprint density at radius 2 is 1.65 bits per heavy atom. The first kappa shape index (κ1) is 19.9. The maximum absolute atomic E-state index is 13.7. The molecule has 0 bridgehead atoms. The Morgan fingerprint density at radius 3 is 2.35 bits per heavy atom. The molecule has 0 aliphatic heterocycles. The number of hydrogen-bond acceptors (Lipinski definition) is 2. The first-order valence-electron chi connectivity index (χ1n) is 9.14. The molecule has 2 aromatic carbocycles. The summed E-state index contributed by atoms with van der Waals surface area (Å²) in [6.45, 7) is 8.48. The molecule has 140 valence electrons. The number of nitrogens with zero attached hydrogens (tertiary/aromatic N) is 2. The van der Waals surface area contributed by atoms with Gasteiger partial charge in [-0.15, -0.1) is 0 Å². The van der Waals surface area contributed by atoms with Gasteiger partial charge in [0.15, 0.2) is 5.96 Å². The summed E-state index contributed by atoms with van der Waals surface area (Å²) in [5, 5.41) is 6.44. The smallest absolute Gasteiger partial charge is 0.191 e. The molecule has 5 heteroatoms. The highest BCUT2D eigenvalue weighted by Crippen LogP contribution is 2.09. The van der Waals surface area contributed by atoms with Crippen LogP contribution in [0.4, 0.5) is 4.39 Å². The highest BCUT2D eigenvalue weighted by Gasteiger charge is 2.05. The second-order valence-corrected chi connectivity index (χ2v) is 6.15. The maximum Gasteiger partial charge on any atom is 0.191 e. The summed E-state index contributed by atoms with van der Waals surface area (Å²) in [5.41, 5.74) is 3.13. The molecule has 0 heterocycles. The van der Waals surface area contributed by atoms with E-state index in [0.717, 1.165) is 19.6 Å². The third kappa shape index (κ3) is 6.15. The van der Waals surface area contributed by atoms with Crippen molar-refractivity contribution in [2.24, 2.45) is 4.99 Å². The van der Waals surface area contributed by atoms with E-state index < -0.39 is 0 Å². The van der Waals surface area contributed by atoms with Crippen LogP contribution in [0.5, 0.6) is 0 Å². The number of guanidine groups is 1. The van der Waals surface area contributed by atoms with E-state index in [-0.39, 0.29) is 5.82 Å². The molecule has 0 saturated carbocycles. The van der Waals surface area contributed by atoms with Crippen LogP contribution in [0.3, 0.4) is 0 Å². The van der Waals surface area contributed by atoms with Crippen molar-refractivity contribution in [1.29, 1.82) is 0 Å². The van der Waals surface area contributed by atoms with E-state index in [1.54, 1.807) is 19.2 Å². The minimum absolute atomic E-state index is 0.209. The molecule has 0 atom stereocenters. The van der Waals surface area contributed by atoms with Gasteiger partial charge in [0, 0.05) is 32.2 Å². The number of aliphatic imine (C=N–C) groups is 1. The molecule has 0 radical (unpaired) electrons. The van der Waals surface area contributed by atoms with Gasteiger partial charge in [-0.05, 0) is 30.3 Å². The molecule has 0 aliphatic carbocycles. The van der Waals surface area contributed by atoms with Crippen molar-refractivity contribution in [1.82, 2.24) is 15.5 Å². The van der Waals surface area contributed by atoms with Gasteiger partial charge in [0.2, 0.25) is 0 Å². The molecule has 0 fully saturated rings. The van der Waals surface area contributed by atoms with E-state index in [4.69, 9.17) is 0 Å². The molecule has 0 unspecified atom stereocenters. The van der Waals surface area contributed by atoms with Gasteiger partial charge in [-0.2, -0.15) is 0 Å². The zero-order valence-corrected chi connectivity index (χ0v) is 15.9. The quantitative estimate of drug-likeness (QED) is 0.561. The fourth-order valence-electron chi connectivity index (χ4n) is 2.77. The zero-order chi connectivity index (χ0) is 18.8.